The van der Waals surface area contributed by atoms with Gasteiger partial charge >= 0.3 is 6.03 Å². The highest BCUT2D eigenvalue weighted by molar-refractivity contribution is 5.94. The molecule has 0 atom stereocenters. The lowest BCUT2D eigenvalue weighted by atomic mass is 10.1. The average molecular weight is 302 g/mol. The highest BCUT2D eigenvalue weighted by Crippen LogP contribution is 2.11. The van der Waals surface area contributed by atoms with Crippen molar-refractivity contribution in [3.8, 4) is 11.4 Å². The molecule has 1 aromatic heterocycles. The highest BCUT2D eigenvalue weighted by atomic mass is 16.2. The fraction of sp³-hybridized carbons (Fsp3) is 0.357. The van der Waals surface area contributed by atoms with Crippen LogP contribution in [-0.2, 0) is 11.3 Å². The van der Waals surface area contributed by atoms with E-state index in [1.54, 1.807) is 0 Å². The molecule has 116 valence electrons. The molecule has 1 heterocycles. The molecule has 0 aliphatic heterocycles. The maximum Gasteiger partial charge on any atom is 0.321 e. The summed E-state index contributed by atoms with van der Waals surface area (Å²) in [5.41, 5.74) is 0.385. The number of aromatic nitrogens is 4. The van der Waals surface area contributed by atoms with Crippen LogP contribution in [-0.4, -0.2) is 37.7 Å². The zero-order valence-corrected chi connectivity index (χ0v) is 12.7. The standard InChI is InChI=1S/C14H18N6O2/c1-14(2,3)16-13(22)15-11(21)9-20-18-12(17-19-20)10-7-5-4-6-8-10/h4-8H,9H2,1-3H3,(H2,15,16,21,22). The van der Waals surface area contributed by atoms with Crippen LogP contribution in [0, 0.1) is 0 Å². The molecule has 3 amide bonds. The minimum Gasteiger partial charge on any atom is -0.333 e. The summed E-state index contributed by atoms with van der Waals surface area (Å²) in [5, 5.41) is 16.6. The van der Waals surface area contributed by atoms with Gasteiger partial charge in [-0.1, -0.05) is 30.3 Å². The number of hydrogen-bond acceptors (Lipinski definition) is 5. The second kappa shape index (κ2) is 6.33. The van der Waals surface area contributed by atoms with Gasteiger partial charge in [0.25, 0.3) is 5.91 Å². The molecule has 2 aromatic rings. The first-order chi connectivity index (χ1) is 10.3. The SMILES string of the molecule is CC(C)(C)NC(=O)NC(=O)Cn1nnc(-c2ccccc2)n1. The van der Waals surface area contributed by atoms with Gasteiger partial charge in [-0.25, -0.2) is 4.79 Å². The monoisotopic (exact) mass is 302 g/mol. The smallest absolute Gasteiger partial charge is 0.321 e. The third-order valence-corrected chi connectivity index (χ3v) is 2.51. The maximum atomic E-state index is 11.8. The van der Waals surface area contributed by atoms with E-state index in [1.165, 1.54) is 0 Å². The summed E-state index contributed by atoms with van der Waals surface area (Å²) < 4.78 is 0. The summed E-state index contributed by atoms with van der Waals surface area (Å²) in [4.78, 5) is 24.5. The van der Waals surface area contributed by atoms with Crippen LogP contribution in [0.3, 0.4) is 0 Å². The molecule has 0 saturated carbocycles. The molecule has 0 aliphatic carbocycles. The van der Waals surface area contributed by atoms with Crippen LogP contribution >= 0.6 is 0 Å². The Morgan fingerprint density at radius 3 is 2.50 bits per heavy atom. The Morgan fingerprint density at radius 1 is 1.18 bits per heavy atom. The molecule has 1 aromatic carbocycles. The van der Waals surface area contributed by atoms with E-state index in [9.17, 15) is 9.59 Å². The van der Waals surface area contributed by atoms with Gasteiger partial charge in [0.15, 0.2) is 0 Å². The molecule has 0 radical (unpaired) electrons. The fourth-order valence-corrected chi connectivity index (χ4v) is 1.68. The summed E-state index contributed by atoms with van der Waals surface area (Å²) in [6.07, 6.45) is 0. The van der Waals surface area contributed by atoms with Crippen molar-refractivity contribution < 1.29 is 9.59 Å². The van der Waals surface area contributed by atoms with Crippen molar-refractivity contribution in [2.24, 2.45) is 0 Å². The Labute approximate surface area is 127 Å². The van der Waals surface area contributed by atoms with Gasteiger partial charge in [0.1, 0.15) is 6.54 Å². The molecular weight excluding hydrogens is 284 g/mol. The number of benzene rings is 1. The van der Waals surface area contributed by atoms with E-state index >= 15 is 0 Å². The first kappa shape index (κ1) is 15.6. The van der Waals surface area contributed by atoms with Crippen LogP contribution in [0.15, 0.2) is 30.3 Å². The molecule has 8 heteroatoms. The van der Waals surface area contributed by atoms with Gasteiger partial charge in [-0.3, -0.25) is 10.1 Å². The third-order valence-electron chi connectivity index (χ3n) is 2.51. The molecule has 0 saturated heterocycles. The van der Waals surface area contributed by atoms with E-state index in [0.29, 0.717) is 5.82 Å². The summed E-state index contributed by atoms with van der Waals surface area (Å²) in [5.74, 6) is -0.0914. The first-order valence-corrected chi connectivity index (χ1v) is 6.79. The van der Waals surface area contributed by atoms with Gasteiger partial charge in [0.05, 0.1) is 0 Å². The Bertz CT molecular complexity index is 659. The zero-order chi connectivity index (χ0) is 16.2. The summed E-state index contributed by atoms with van der Waals surface area (Å²) in [7, 11) is 0. The quantitative estimate of drug-likeness (QED) is 0.879. The molecule has 0 unspecified atom stereocenters. The van der Waals surface area contributed by atoms with Gasteiger partial charge in [-0.2, -0.15) is 4.80 Å². The number of nitrogens with one attached hydrogen (secondary N) is 2. The topological polar surface area (TPSA) is 102 Å². The number of carbonyl (C=O) groups excluding carboxylic acids is 2. The second-order valence-electron chi connectivity index (χ2n) is 5.76. The van der Waals surface area contributed by atoms with Gasteiger partial charge in [0.2, 0.25) is 5.82 Å². The van der Waals surface area contributed by atoms with Gasteiger partial charge < -0.3 is 5.32 Å². The third kappa shape index (κ3) is 4.65. The Morgan fingerprint density at radius 2 is 1.86 bits per heavy atom. The lowest BCUT2D eigenvalue weighted by Gasteiger charge is -2.20. The number of amides is 3. The number of hydrogen-bond donors (Lipinski definition) is 2. The molecule has 0 aliphatic rings. The van der Waals surface area contributed by atoms with E-state index in [4.69, 9.17) is 0 Å². The number of carbonyl (C=O) groups is 2. The van der Waals surface area contributed by atoms with E-state index in [2.05, 4.69) is 26.0 Å². The molecule has 0 bridgehead atoms. The Balaban J connectivity index is 1.93. The minimum absolute atomic E-state index is 0.183. The van der Waals surface area contributed by atoms with Crippen molar-refractivity contribution in [1.82, 2.24) is 30.8 Å². The van der Waals surface area contributed by atoms with Crippen molar-refractivity contribution in [3.05, 3.63) is 30.3 Å². The van der Waals surface area contributed by atoms with Gasteiger partial charge in [-0.05, 0) is 26.0 Å². The summed E-state index contributed by atoms with van der Waals surface area (Å²) in [6.45, 7) is 5.28. The van der Waals surface area contributed by atoms with Crippen LogP contribution in [0.5, 0.6) is 0 Å². The van der Waals surface area contributed by atoms with Crippen molar-refractivity contribution in [3.63, 3.8) is 0 Å². The van der Waals surface area contributed by atoms with Crippen molar-refractivity contribution >= 4 is 11.9 Å². The van der Waals surface area contributed by atoms with E-state index in [-0.39, 0.29) is 6.54 Å². The summed E-state index contributed by atoms with van der Waals surface area (Å²) in [6, 6.07) is 8.74. The zero-order valence-electron chi connectivity index (χ0n) is 12.7. The number of urea groups is 1. The second-order valence-corrected chi connectivity index (χ2v) is 5.76. The molecule has 8 nitrogen and oxygen atoms in total. The largest absolute Gasteiger partial charge is 0.333 e. The Kier molecular flexibility index (Phi) is 4.50. The number of imide groups is 1. The van der Waals surface area contributed by atoms with Gasteiger partial charge in [0, 0.05) is 11.1 Å². The normalized spacial score (nSPS) is 11.0. The molecule has 0 spiro atoms. The molecule has 2 rings (SSSR count). The predicted octanol–water partition coefficient (Wildman–Crippen LogP) is 0.964. The molecule has 0 fully saturated rings. The molecular formula is C14H18N6O2. The summed E-state index contributed by atoms with van der Waals surface area (Å²) >= 11 is 0. The van der Waals surface area contributed by atoms with Crippen molar-refractivity contribution in [2.45, 2.75) is 32.9 Å². The van der Waals surface area contributed by atoms with Crippen LogP contribution < -0.4 is 10.6 Å². The van der Waals surface area contributed by atoms with Crippen LogP contribution in [0.1, 0.15) is 20.8 Å². The van der Waals surface area contributed by atoms with Gasteiger partial charge in [-0.15, -0.1) is 10.2 Å². The molecule has 22 heavy (non-hydrogen) atoms. The van der Waals surface area contributed by atoms with E-state index in [0.717, 1.165) is 10.4 Å². The molecule has 2 N–H and O–H groups in total. The van der Waals surface area contributed by atoms with E-state index < -0.39 is 17.5 Å². The average Bonchev–Trinajstić information content (AvgIpc) is 2.85. The number of tetrazole rings is 1. The van der Waals surface area contributed by atoms with Crippen molar-refractivity contribution in [1.29, 1.82) is 0 Å². The lowest BCUT2D eigenvalue weighted by Crippen LogP contribution is -2.49. The number of nitrogens with zero attached hydrogens (tertiary/aromatic N) is 4. The van der Waals surface area contributed by atoms with Crippen LogP contribution in [0.25, 0.3) is 11.4 Å². The van der Waals surface area contributed by atoms with Crippen molar-refractivity contribution in [2.75, 3.05) is 0 Å². The predicted molar refractivity (Wildman–Crippen MR) is 79.7 cm³/mol. The highest BCUT2D eigenvalue weighted by Gasteiger charge is 2.16. The first-order valence-electron chi connectivity index (χ1n) is 6.79. The fourth-order valence-electron chi connectivity index (χ4n) is 1.68. The number of rotatable bonds is 3. The van der Waals surface area contributed by atoms with E-state index in [1.807, 2.05) is 51.1 Å². The minimum atomic E-state index is -0.555. The van der Waals surface area contributed by atoms with Crippen LogP contribution in [0.2, 0.25) is 0 Å². The lowest BCUT2D eigenvalue weighted by molar-refractivity contribution is -0.121. The Hall–Kier alpha value is -2.77. The van der Waals surface area contributed by atoms with Crippen LogP contribution in [0.4, 0.5) is 4.79 Å². The maximum absolute atomic E-state index is 11.8.